The van der Waals surface area contributed by atoms with Gasteiger partial charge in [0.2, 0.25) is 5.91 Å². The number of hydrogen-bond donors (Lipinski definition) is 6. The van der Waals surface area contributed by atoms with Crippen LogP contribution in [0.4, 0.5) is 59.3 Å². The van der Waals surface area contributed by atoms with Gasteiger partial charge in [0.15, 0.2) is 0 Å². The molecular weight excluding hydrogens is 1070 g/mol. The number of amides is 4. The smallest absolute Gasteiger partial charge is 0.407 e. The first-order chi connectivity index (χ1) is 37.0. The zero-order chi connectivity index (χ0) is 58.2. The maximum Gasteiger partial charge on any atom is 0.407 e. The minimum atomic E-state index is -5.28. The van der Waals surface area contributed by atoms with E-state index in [4.69, 9.17) is 4.74 Å². The standard InChI is InChI=1S/C51H58F10N10O8/c1-48(2,50(56,57)58)41(65-47(77)78-5)43(73)63-38(22-30-9-6-29(7-10-30)8-11-31-12-13-40(62-25-31)69-19-17-68(18-20-69)33-15-21-79-28-33)39(72)27-70(67-44(74)42(64-46(75)76)49(3,4)51(59,60)61)26-34-35(52)23-32(24-36(34)53)37-14-16-71(66-37)45(54)55/h6-7,9-10,12-14,16,23-25,33,38-39,41-42,45,64,72H,15,17-22,26-28H2,1-5H3,(H,63,73)(H,65,77)(H,67,74)(H,75,76)/t33-,38?,39?,41?,42?/m0/s1. The Morgan fingerprint density at radius 2 is 1.43 bits per heavy atom. The minimum absolute atomic E-state index is 0.186. The first-order valence-electron chi connectivity index (χ1n) is 24.5. The first-order valence-corrected chi connectivity index (χ1v) is 24.5. The Kier molecular flexibility index (Phi) is 19.5. The second-order valence-electron chi connectivity index (χ2n) is 19.9. The molecule has 430 valence electrons. The highest BCUT2D eigenvalue weighted by Gasteiger charge is 2.57. The lowest BCUT2D eigenvalue weighted by molar-refractivity contribution is -0.221. The number of nitrogens with one attached hydrogen (secondary N) is 4. The number of piperazine rings is 1. The number of alkyl carbamates (subject to hydrolysis) is 1. The monoisotopic (exact) mass is 1130 g/mol. The molecule has 28 heteroatoms. The van der Waals surface area contributed by atoms with Gasteiger partial charge < -0.3 is 40.5 Å². The van der Waals surface area contributed by atoms with Crippen molar-refractivity contribution in [3.05, 3.63) is 101 Å². The van der Waals surface area contributed by atoms with E-state index in [2.05, 4.69) is 41.8 Å². The van der Waals surface area contributed by atoms with Gasteiger partial charge in [0.1, 0.15) is 29.5 Å². The molecule has 18 nitrogen and oxygen atoms in total. The lowest BCUT2D eigenvalue weighted by Gasteiger charge is -2.38. The number of pyridine rings is 1. The first kappa shape index (κ1) is 61.0. The van der Waals surface area contributed by atoms with Crippen LogP contribution in [0, 0.1) is 34.3 Å². The Labute approximate surface area is 446 Å². The van der Waals surface area contributed by atoms with Crippen molar-refractivity contribution in [2.45, 2.75) is 96.3 Å². The number of nitrogens with zero attached hydrogens (tertiary/aromatic N) is 6. The van der Waals surface area contributed by atoms with Gasteiger partial charge in [-0.3, -0.25) is 19.9 Å². The van der Waals surface area contributed by atoms with Crippen molar-refractivity contribution in [2.24, 2.45) is 10.8 Å². The van der Waals surface area contributed by atoms with Crippen LogP contribution in [0.2, 0.25) is 0 Å². The Hall–Kier alpha value is -7.22. The zero-order valence-electron chi connectivity index (χ0n) is 43.2. The predicted octanol–water partition coefficient (Wildman–Crippen LogP) is 6.39. The average molecular weight is 1130 g/mol. The van der Waals surface area contributed by atoms with Crippen LogP contribution in [0.5, 0.6) is 0 Å². The number of rotatable bonds is 19. The van der Waals surface area contributed by atoms with Gasteiger partial charge in [-0.1, -0.05) is 24.0 Å². The SMILES string of the molecule is COC(=O)NC(C(=O)NC(Cc1ccc(C#Cc2ccc(N3CCN([C@H]4CCOC4)CC3)nc2)cc1)C(O)CN(Cc1c(F)cc(-c2ccn(C(F)F)n2)cc1F)NC(=O)C(NC(=O)O)C(C)(C)C(F)(F)F)C(C)(C)C(F)(F)F. The number of carbonyl (C=O) groups excluding carboxylic acids is 3. The number of carboxylic acid groups (broad SMARTS) is 1. The van der Waals surface area contributed by atoms with E-state index in [1.54, 1.807) is 12.3 Å². The highest BCUT2D eigenvalue weighted by Crippen LogP contribution is 2.42. The zero-order valence-corrected chi connectivity index (χ0v) is 43.2. The molecule has 6 N–H and O–H groups in total. The fourth-order valence-corrected chi connectivity index (χ4v) is 8.64. The summed E-state index contributed by atoms with van der Waals surface area (Å²) in [6, 6.07) is 5.38. The van der Waals surface area contributed by atoms with Gasteiger partial charge in [0, 0.05) is 86.6 Å². The summed E-state index contributed by atoms with van der Waals surface area (Å²) in [7, 11) is 0.810. The molecule has 2 fully saturated rings. The van der Waals surface area contributed by atoms with E-state index in [0.29, 0.717) is 62.0 Å². The summed E-state index contributed by atoms with van der Waals surface area (Å²) in [5.41, 5.74) is -4.70. The van der Waals surface area contributed by atoms with Crippen molar-refractivity contribution in [3.8, 4) is 23.1 Å². The number of aliphatic hydroxyl groups excluding tert-OH is 1. The maximum atomic E-state index is 16.0. The molecule has 0 radical (unpaired) electrons. The summed E-state index contributed by atoms with van der Waals surface area (Å²) in [5.74, 6) is 0.530. The van der Waals surface area contributed by atoms with Crippen LogP contribution in [0.3, 0.4) is 0 Å². The molecule has 4 heterocycles. The largest absolute Gasteiger partial charge is 0.465 e. The molecule has 0 bridgehead atoms. The number of benzene rings is 2. The van der Waals surface area contributed by atoms with E-state index in [0.717, 1.165) is 71.0 Å². The van der Waals surface area contributed by atoms with Crippen LogP contribution in [0.25, 0.3) is 11.3 Å². The molecule has 2 aromatic heterocycles. The van der Waals surface area contributed by atoms with Crippen LogP contribution >= 0.6 is 0 Å². The van der Waals surface area contributed by atoms with Gasteiger partial charge in [-0.2, -0.15) is 40.2 Å². The maximum absolute atomic E-state index is 16.0. The van der Waals surface area contributed by atoms with Crippen LogP contribution in [0.1, 0.15) is 62.9 Å². The number of carbonyl (C=O) groups is 4. The van der Waals surface area contributed by atoms with Gasteiger partial charge in [-0.25, -0.2) is 33.0 Å². The minimum Gasteiger partial charge on any atom is -0.465 e. The van der Waals surface area contributed by atoms with E-state index in [-0.39, 0.29) is 21.5 Å². The fraction of sp³-hybridized carbons (Fsp3) is 0.490. The molecule has 4 amide bonds. The molecule has 0 saturated carbocycles. The third-order valence-corrected chi connectivity index (χ3v) is 13.8. The number of hydrogen-bond acceptors (Lipinski definition) is 12. The fourth-order valence-electron chi connectivity index (χ4n) is 8.64. The van der Waals surface area contributed by atoms with Gasteiger partial charge in [-0.15, -0.1) is 0 Å². The molecule has 2 aliphatic heterocycles. The molecule has 4 aromatic rings. The van der Waals surface area contributed by atoms with E-state index in [1.165, 1.54) is 29.6 Å². The molecule has 0 aliphatic carbocycles. The third kappa shape index (κ3) is 15.3. The number of anilines is 1. The average Bonchev–Trinajstić information content (AvgIpc) is 4.15. The lowest BCUT2D eigenvalue weighted by Crippen LogP contribution is -2.63. The van der Waals surface area contributed by atoms with Crippen LogP contribution in [-0.4, -0.2) is 155 Å². The van der Waals surface area contributed by atoms with Crippen molar-refractivity contribution < 1.29 is 82.8 Å². The lowest BCUT2D eigenvalue weighted by atomic mass is 9.82. The molecular formula is C51H58F10N10O8. The quantitative estimate of drug-likeness (QED) is 0.0342. The van der Waals surface area contributed by atoms with Crippen molar-refractivity contribution in [2.75, 3.05) is 57.9 Å². The second-order valence-corrected chi connectivity index (χ2v) is 19.9. The predicted molar refractivity (Wildman–Crippen MR) is 263 cm³/mol. The van der Waals surface area contributed by atoms with Crippen LogP contribution < -0.4 is 26.3 Å². The van der Waals surface area contributed by atoms with Gasteiger partial charge in [0.25, 0.3) is 5.91 Å². The van der Waals surface area contributed by atoms with Gasteiger partial charge in [-0.05, 0) is 88.6 Å². The highest BCUT2D eigenvalue weighted by atomic mass is 19.4. The summed E-state index contributed by atoms with van der Waals surface area (Å²) in [4.78, 5) is 61.2. The van der Waals surface area contributed by atoms with Crippen molar-refractivity contribution in [1.82, 2.24) is 46.0 Å². The van der Waals surface area contributed by atoms with Crippen LogP contribution in [0.15, 0.2) is 67.0 Å². The molecule has 4 unspecified atom stereocenters. The van der Waals surface area contributed by atoms with Crippen molar-refractivity contribution in [3.63, 3.8) is 0 Å². The molecule has 0 spiro atoms. The molecule has 79 heavy (non-hydrogen) atoms. The number of halogens is 10. The normalized spacial score (nSPS) is 17.1. The van der Waals surface area contributed by atoms with Gasteiger partial charge in [0.05, 0.1) is 42.4 Å². The van der Waals surface area contributed by atoms with E-state index in [1.807, 2.05) is 16.8 Å². The Bertz CT molecular complexity index is 2800. The number of aliphatic hydroxyl groups is 1. The summed E-state index contributed by atoms with van der Waals surface area (Å²) >= 11 is 0. The van der Waals surface area contributed by atoms with Gasteiger partial charge >= 0.3 is 31.1 Å². The van der Waals surface area contributed by atoms with E-state index in [9.17, 15) is 64.5 Å². The number of methoxy groups -OCH3 is 1. The summed E-state index contributed by atoms with van der Waals surface area (Å²) in [6.45, 7) is 1.40. The Morgan fingerprint density at radius 3 is 1.95 bits per heavy atom. The molecule has 2 aliphatic rings. The third-order valence-electron chi connectivity index (χ3n) is 13.8. The summed E-state index contributed by atoms with van der Waals surface area (Å²) in [6.07, 6.45) is -13.3. The Morgan fingerprint density at radius 1 is 0.835 bits per heavy atom. The molecule has 2 aromatic carbocycles. The van der Waals surface area contributed by atoms with E-state index < -0.39 is 115 Å². The topological polar surface area (TPSA) is 216 Å². The number of hydrazine groups is 1. The number of ether oxygens (including phenoxy) is 2. The van der Waals surface area contributed by atoms with Crippen molar-refractivity contribution in [1.29, 1.82) is 0 Å². The van der Waals surface area contributed by atoms with Crippen molar-refractivity contribution >= 4 is 29.8 Å². The molecule has 6 rings (SSSR count). The second kappa shape index (κ2) is 25.3. The van der Waals surface area contributed by atoms with E-state index >= 15 is 8.78 Å². The summed E-state index contributed by atoms with van der Waals surface area (Å²) < 4.78 is 155. The highest BCUT2D eigenvalue weighted by molar-refractivity contribution is 5.87. The summed E-state index contributed by atoms with van der Waals surface area (Å²) in [5, 5.41) is 31.1. The number of aromatic nitrogens is 3. The molecule has 5 atom stereocenters. The van der Waals surface area contributed by atoms with Crippen LogP contribution in [-0.2, 0) is 32.0 Å². The Balaban J connectivity index is 1.31. The number of alkyl halides is 8. The molecule has 2 saturated heterocycles.